The van der Waals surface area contributed by atoms with E-state index in [9.17, 15) is 9.59 Å². The number of carbonyl (C=O) groups excluding carboxylic acids is 2. The predicted octanol–water partition coefficient (Wildman–Crippen LogP) is 0.727. The minimum Gasteiger partial charge on any atom is -0.468 e. The lowest BCUT2D eigenvalue weighted by atomic mass is 10.1. The number of hydrogen-bond acceptors (Lipinski definition) is 4. The third-order valence-corrected chi connectivity index (χ3v) is 3.41. The maximum atomic E-state index is 12.4. The van der Waals surface area contributed by atoms with E-state index in [4.69, 9.17) is 0 Å². The SMILES string of the molecule is CN[C@H]1CCc2ccccc2N(CC(=O)OC)C1=O. The number of benzene rings is 1. The van der Waals surface area contributed by atoms with Crippen molar-refractivity contribution in [1.29, 1.82) is 0 Å². The van der Waals surface area contributed by atoms with Crippen molar-refractivity contribution in [1.82, 2.24) is 5.32 Å². The summed E-state index contributed by atoms with van der Waals surface area (Å²) < 4.78 is 4.67. The fraction of sp³-hybridized carbons (Fsp3) is 0.429. The third-order valence-electron chi connectivity index (χ3n) is 3.41. The van der Waals surface area contributed by atoms with Crippen LogP contribution < -0.4 is 10.2 Å². The Labute approximate surface area is 112 Å². The molecule has 1 aliphatic heterocycles. The predicted molar refractivity (Wildman–Crippen MR) is 72.0 cm³/mol. The fourth-order valence-electron chi connectivity index (χ4n) is 2.34. The maximum Gasteiger partial charge on any atom is 0.325 e. The van der Waals surface area contributed by atoms with Crippen molar-refractivity contribution in [2.24, 2.45) is 0 Å². The summed E-state index contributed by atoms with van der Waals surface area (Å²) in [5.74, 6) is -0.502. The van der Waals surface area contributed by atoms with E-state index in [1.54, 1.807) is 7.05 Å². The quantitative estimate of drug-likeness (QED) is 0.816. The molecule has 1 heterocycles. The highest BCUT2D eigenvalue weighted by molar-refractivity contribution is 6.01. The Morgan fingerprint density at radius 2 is 2.21 bits per heavy atom. The van der Waals surface area contributed by atoms with Gasteiger partial charge < -0.3 is 10.1 Å². The van der Waals surface area contributed by atoms with Gasteiger partial charge in [0.2, 0.25) is 5.91 Å². The van der Waals surface area contributed by atoms with Gasteiger partial charge in [-0.05, 0) is 31.5 Å². The number of aryl methyl sites for hydroxylation is 1. The summed E-state index contributed by atoms with van der Waals surface area (Å²) in [4.78, 5) is 25.5. The number of rotatable bonds is 3. The van der Waals surface area contributed by atoms with Crippen LogP contribution in [-0.2, 0) is 20.7 Å². The standard InChI is InChI=1S/C14H18N2O3/c1-15-11-8-7-10-5-3-4-6-12(10)16(14(11)18)9-13(17)19-2/h3-6,11,15H,7-9H2,1-2H3/t11-/m0/s1. The Hall–Kier alpha value is -1.88. The number of hydrogen-bond donors (Lipinski definition) is 1. The van der Waals surface area contributed by atoms with Crippen LogP contribution in [-0.4, -0.2) is 38.6 Å². The Bertz CT molecular complexity index is 487. The van der Waals surface area contributed by atoms with E-state index in [0.717, 1.165) is 24.1 Å². The molecule has 19 heavy (non-hydrogen) atoms. The van der Waals surface area contributed by atoms with Gasteiger partial charge in [0, 0.05) is 5.69 Å². The minimum absolute atomic E-state index is 0.0511. The highest BCUT2D eigenvalue weighted by atomic mass is 16.5. The molecule has 5 heteroatoms. The van der Waals surface area contributed by atoms with Gasteiger partial charge in [-0.25, -0.2) is 0 Å². The van der Waals surface area contributed by atoms with Crippen molar-refractivity contribution in [3.63, 3.8) is 0 Å². The average molecular weight is 262 g/mol. The van der Waals surface area contributed by atoms with Crippen LogP contribution >= 0.6 is 0 Å². The summed E-state index contributed by atoms with van der Waals surface area (Å²) in [6, 6.07) is 7.41. The van der Waals surface area contributed by atoms with Crippen LogP contribution in [0.5, 0.6) is 0 Å². The number of amides is 1. The first kappa shape index (κ1) is 13.5. The first-order valence-electron chi connectivity index (χ1n) is 6.30. The van der Waals surface area contributed by atoms with Gasteiger partial charge in [-0.1, -0.05) is 18.2 Å². The number of nitrogens with zero attached hydrogens (tertiary/aromatic N) is 1. The van der Waals surface area contributed by atoms with E-state index in [1.807, 2.05) is 24.3 Å². The maximum absolute atomic E-state index is 12.4. The van der Waals surface area contributed by atoms with Crippen LogP contribution in [0.2, 0.25) is 0 Å². The van der Waals surface area contributed by atoms with Gasteiger partial charge in [0.15, 0.2) is 0 Å². The van der Waals surface area contributed by atoms with Crippen molar-refractivity contribution in [2.75, 3.05) is 25.6 Å². The van der Waals surface area contributed by atoms with E-state index in [1.165, 1.54) is 12.0 Å². The number of fused-ring (bicyclic) bond motifs is 1. The van der Waals surface area contributed by atoms with E-state index >= 15 is 0 Å². The summed E-state index contributed by atoms with van der Waals surface area (Å²) in [5, 5.41) is 3.01. The van der Waals surface area contributed by atoms with E-state index in [0.29, 0.717) is 0 Å². The molecule has 1 N–H and O–H groups in total. The number of nitrogens with one attached hydrogen (secondary N) is 1. The molecule has 1 aromatic carbocycles. The summed E-state index contributed by atoms with van der Waals surface area (Å²) >= 11 is 0. The first-order valence-corrected chi connectivity index (χ1v) is 6.30. The molecule has 0 radical (unpaired) electrons. The molecule has 0 unspecified atom stereocenters. The molecule has 1 amide bonds. The molecule has 0 saturated carbocycles. The molecule has 0 spiro atoms. The van der Waals surface area contributed by atoms with Gasteiger partial charge >= 0.3 is 5.97 Å². The van der Waals surface area contributed by atoms with Crippen molar-refractivity contribution in [3.8, 4) is 0 Å². The zero-order chi connectivity index (χ0) is 13.8. The van der Waals surface area contributed by atoms with Gasteiger partial charge in [0.25, 0.3) is 0 Å². The number of carbonyl (C=O) groups is 2. The number of para-hydroxylation sites is 1. The van der Waals surface area contributed by atoms with E-state index in [2.05, 4.69) is 10.1 Å². The van der Waals surface area contributed by atoms with Crippen LogP contribution in [0, 0.1) is 0 Å². The van der Waals surface area contributed by atoms with Crippen LogP contribution in [0.15, 0.2) is 24.3 Å². The van der Waals surface area contributed by atoms with Crippen LogP contribution in [0.4, 0.5) is 5.69 Å². The molecule has 102 valence electrons. The normalized spacial score (nSPS) is 18.7. The van der Waals surface area contributed by atoms with Crippen LogP contribution in [0.25, 0.3) is 0 Å². The minimum atomic E-state index is -0.417. The second-order valence-electron chi connectivity index (χ2n) is 4.51. The summed E-state index contributed by atoms with van der Waals surface area (Å²) in [6.45, 7) is -0.0511. The van der Waals surface area contributed by atoms with Gasteiger partial charge in [-0.2, -0.15) is 0 Å². The molecule has 0 saturated heterocycles. The van der Waals surface area contributed by atoms with Gasteiger partial charge in [0.1, 0.15) is 6.54 Å². The summed E-state index contributed by atoms with van der Waals surface area (Å²) in [6.07, 6.45) is 1.54. The van der Waals surface area contributed by atoms with Gasteiger partial charge in [-0.3, -0.25) is 14.5 Å². The first-order chi connectivity index (χ1) is 9.17. The van der Waals surface area contributed by atoms with E-state index in [-0.39, 0.29) is 18.5 Å². The number of anilines is 1. The summed E-state index contributed by atoms with van der Waals surface area (Å²) in [5.41, 5.74) is 1.88. The van der Waals surface area contributed by atoms with Crippen LogP contribution in [0.3, 0.4) is 0 Å². The molecule has 1 aromatic rings. The number of ether oxygens (including phenoxy) is 1. The molecule has 0 fully saturated rings. The van der Waals surface area contributed by atoms with Crippen molar-refractivity contribution >= 4 is 17.6 Å². The molecule has 0 bridgehead atoms. The molecular formula is C14H18N2O3. The lowest BCUT2D eigenvalue weighted by molar-refractivity contribution is -0.140. The molecule has 0 aliphatic carbocycles. The lowest BCUT2D eigenvalue weighted by Crippen LogP contribution is -2.46. The second-order valence-corrected chi connectivity index (χ2v) is 4.51. The molecule has 1 atom stereocenters. The molecular weight excluding hydrogens is 244 g/mol. The Morgan fingerprint density at radius 3 is 2.89 bits per heavy atom. The molecule has 1 aliphatic rings. The van der Waals surface area contributed by atoms with Crippen molar-refractivity contribution < 1.29 is 14.3 Å². The van der Waals surface area contributed by atoms with Crippen molar-refractivity contribution in [2.45, 2.75) is 18.9 Å². The van der Waals surface area contributed by atoms with Crippen molar-refractivity contribution in [3.05, 3.63) is 29.8 Å². The molecule has 5 nitrogen and oxygen atoms in total. The smallest absolute Gasteiger partial charge is 0.325 e. The highest BCUT2D eigenvalue weighted by Gasteiger charge is 2.30. The highest BCUT2D eigenvalue weighted by Crippen LogP contribution is 2.26. The number of likely N-dealkylation sites (N-methyl/N-ethyl adjacent to an activating group) is 1. The molecule has 2 rings (SSSR count). The molecule has 0 aromatic heterocycles. The second kappa shape index (κ2) is 5.84. The monoisotopic (exact) mass is 262 g/mol. The Balaban J connectivity index is 2.38. The Kier molecular flexibility index (Phi) is 4.16. The Morgan fingerprint density at radius 1 is 1.47 bits per heavy atom. The number of methoxy groups -OCH3 is 1. The largest absolute Gasteiger partial charge is 0.468 e. The van der Waals surface area contributed by atoms with Crippen LogP contribution in [0.1, 0.15) is 12.0 Å². The zero-order valence-corrected chi connectivity index (χ0v) is 11.2. The fourth-order valence-corrected chi connectivity index (χ4v) is 2.34. The number of esters is 1. The third kappa shape index (κ3) is 2.76. The summed E-state index contributed by atoms with van der Waals surface area (Å²) in [7, 11) is 3.08. The topological polar surface area (TPSA) is 58.6 Å². The van der Waals surface area contributed by atoms with Gasteiger partial charge in [-0.15, -0.1) is 0 Å². The average Bonchev–Trinajstić information content (AvgIpc) is 2.57. The lowest BCUT2D eigenvalue weighted by Gasteiger charge is -2.24. The van der Waals surface area contributed by atoms with Gasteiger partial charge in [0.05, 0.1) is 13.2 Å². The zero-order valence-electron chi connectivity index (χ0n) is 11.2. The van der Waals surface area contributed by atoms with E-state index < -0.39 is 5.97 Å².